The summed E-state index contributed by atoms with van der Waals surface area (Å²) >= 11 is 1.84. The SMILES string of the molecule is CN=C(NCCSC)NCC(C)N1CCc2ccccc2C1. The summed E-state index contributed by atoms with van der Waals surface area (Å²) in [5.41, 5.74) is 2.98. The molecule has 22 heavy (non-hydrogen) atoms. The van der Waals surface area contributed by atoms with Gasteiger partial charge in [0, 0.05) is 45.0 Å². The highest BCUT2D eigenvalue weighted by Crippen LogP contribution is 2.19. The number of aliphatic imine (C=N–C) groups is 1. The van der Waals surface area contributed by atoms with Crippen molar-refractivity contribution in [2.75, 3.05) is 38.7 Å². The fourth-order valence-electron chi connectivity index (χ4n) is 2.76. The molecule has 5 heteroatoms. The standard InChI is InChI=1S/C17H28N4S/c1-14(12-20-17(18-2)19-9-11-22-3)21-10-8-15-6-4-5-7-16(15)13-21/h4-7,14H,8-13H2,1-3H3,(H2,18,19,20). The van der Waals surface area contributed by atoms with Crippen LogP contribution in [0.3, 0.4) is 0 Å². The molecule has 0 saturated heterocycles. The number of nitrogens with zero attached hydrogens (tertiary/aromatic N) is 2. The second-order valence-electron chi connectivity index (χ2n) is 5.71. The van der Waals surface area contributed by atoms with Crippen molar-refractivity contribution in [2.24, 2.45) is 4.99 Å². The summed E-state index contributed by atoms with van der Waals surface area (Å²) in [6.07, 6.45) is 3.27. The number of hydrogen-bond donors (Lipinski definition) is 2. The Kier molecular flexibility index (Phi) is 7.06. The first-order valence-corrected chi connectivity index (χ1v) is 9.38. The summed E-state index contributed by atoms with van der Waals surface area (Å²) in [5, 5.41) is 6.78. The van der Waals surface area contributed by atoms with Gasteiger partial charge in [-0.05, 0) is 30.7 Å². The van der Waals surface area contributed by atoms with Crippen LogP contribution in [0.4, 0.5) is 0 Å². The van der Waals surface area contributed by atoms with Gasteiger partial charge in [-0.2, -0.15) is 11.8 Å². The molecule has 0 bridgehead atoms. The zero-order valence-corrected chi connectivity index (χ0v) is 14.7. The Morgan fingerprint density at radius 2 is 2.09 bits per heavy atom. The molecule has 0 aromatic heterocycles. The third-order valence-corrected chi connectivity index (χ3v) is 4.78. The van der Waals surface area contributed by atoms with Crippen LogP contribution in [-0.2, 0) is 13.0 Å². The average molecular weight is 321 g/mol. The van der Waals surface area contributed by atoms with Crippen LogP contribution in [0.25, 0.3) is 0 Å². The molecular formula is C17H28N4S. The molecule has 2 rings (SSSR count). The van der Waals surface area contributed by atoms with Gasteiger partial charge in [-0.25, -0.2) is 0 Å². The van der Waals surface area contributed by atoms with E-state index < -0.39 is 0 Å². The van der Waals surface area contributed by atoms with Crippen LogP contribution < -0.4 is 10.6 Å². The summed E-state index contributed by atoms with van der Waals surface area (Å²) in [7, 11) is 1.83. The molecule has 1 heterocycles. The molecule has 0 radical (unpaired) electrons. The topological polar surface area (TPSA) is 39.7 Å². The zero-order chi connectivity index (χ0) is 15.8. The van der Waals surface area contributed by atoms with Crippen LogP contribution in [0.5, 0.6) is 0 Å². The van der Waals surface area contributed by atoms with E-state index in [4.69, 9.17) is 0 Å². The van der Waals surface area contributed by atoms with E-state index in [1.54, 1.807) is 0 Å². The summed E-state index contributed by atoms with van der Waals surface area (Å²) in [6, 6.07) is 9.29. The lowest BCUT2D eigenvalue weighted by atomic mass is 9.99. The maximum atomic E-state index is 4.28. The Morgan fingerprint density at radius 1 is 1.32 bits per heavy atom. The first-order chi connectivity index (χ1) is 10.7. The van der Waals surface area contributed by atoms with Crippen LogP contribution in [-0.4, -0.2) is 55.6 Å². The second kappa shape index (κ2) is 9.06. The smallest absolute Gasteiger partial charge is 0.191 e. The molecule has 122 valence electrons. The number of fused-ring (bicyclic) bond motifs is 1. The van der Waals surface area contributed by atoms with Gasteiger partial charge < -0.3 is 10.6 Å². The van der Waals surface area contributed by atoms with Gasteiger partial charge in [-0.3, -0.25) is 9.89 Å². The molecule has 2 N–H and O–H groups in total. The Labute approximate surface area is 138 Å². The second-order valence-corrected chi connectivity index (χ2v) is 6.70. The molecule has 0 aliphatic carbocycles. The van der Waals surface area contributed by atoms with Gasteiger partial charge in [0.25, 0.3) is 0 Å². The maximum Gasteiger partial charge on any atom is 0.191 e. The third kappa shape index (κ3) is 4.92. The quantitative estimate of drug-likeness (QED) is 0.477. The number of hydrogen-bond acceptors (Lipinski definition) is 3. The van der Waals surface area contributed by atoms with E-state index >= 15 is 0 Å². The Morgan fingerprint density at radius 3 is 2.82 bits per heavy atom. The zero-order valence-electron chi connectivity index (χ0n) is 13.9. The molecule has 1 unspecified atom stereocenters. The minimum Gasteiger partial charge on any atom is -0.356 e. The fourth-order valence-corrected chi connectivity index (χ4v) is 3.07. The minimum atomic E-state index is 0.493. The maximum absolute atomic E-state index is 4.28. The van der Waals surface area contributed by atoms with E-state index in [9.17, 15) is 0 Å². The van der Waals surface area contributed by atoms with Gasteiger partial charge in [0.15, 0.2) is 5.96 Å². The lowest BCUT2D eigenvalue weighted by molar-refractivity contribution is 0.191. The predicted octanol–water partition coefficient (Wildman–Crippen LogP) is 1.96. The van der Waals surface area contributed by atoms with Gasteiger partial charge in [-0.1, -0.05) is 24.3 Å². The van der Waals surface area contributed by atoms with E-state index in [2.05, 4.69) is 58.0 Å². The van der Waals surface area contributed by atoms with Crippen LogP contribution in [0.1, 0.15) is 18.1 Å². The van der Waals surface area contributed by atoms with Crippen LogP contribution in [0.2, 0.25) is 0 Å². The molecule has 1 aliphatic rings. The molecule has 0 saturated carbocycles. The summed E-state index contributed by atoms with van der Waals surface area (Å²) in [6.45, 7) is 6.35. The van der Waals surface area contributed by atoms with Gasteiger partial charge >= 0.3 is 0 Å². The molecular weight excluding hydrogens is 292 g/mol. The van der Waals surface area contributed by atoms with Gasteiger partial charge in [0.1, 0.15) is 0 Å². The fraction of sp³-hybridized carbons (Fsp3) is 0.588. The molecule has 1 aliphatic heterocycles. The number of nitrogens with one attached hydrogen (secondary N) is 2. The van der Waals surface area contributed by atoms with E-state index in [0.29, 0.717) is 6.04 Å². The minimum absolute atomic E-state index is 0.493. The summed E-state index contributed by atoms with van der Waals surface area (Å²) in [5.74, 6) is 2.00. The summed E-state index contributed by atoms with van der Waals surface area (Å²) < 4.78 is 0. The number of rotatable bonds is 6. The molecule has 1 aromatic carbocycles. The van der Waals surface area contributed by atoms with Gasteiger partial charge in [-0.15, -0.1) is 0 Å². The lowest BCUT2D eigenvalue weighted by Crippen LogP contribution is -2.47. The van der Waals surface area contributed by atoms with Crippen LogP contribution >= 0.6 is 11.8 Å². The summed E-state index contributed by atoms with van der Waals surface area (Å²) in [4.78, 5) is 6.83. The monoisotopic (exact) mass is 320 g/mol. The Bertz CT molecular complexity index is 489. The van der Waals surface area contributed by atoms with Crippen molar-refractivity contribution in [3.63, 3.8) is 0 Å². The van der Waals surface area contributed by atoms with Crippen molar-refractivity contribution in [3.8, 4) is 0 Å². The lowest BCUT2D eigenvalue weighted by Gasteiger charge is -2.34. The molecule has 4 nitrogen and oxygen atoms in total. The Hall–Kier alpha value is -1.20. The van der Waals surface area contributed by atoms with Crippen molar-refractivity contribution in [1.82, 2.24) is 15.5 Å². The van der Waals surface area contributed by atoms with Crippen LogP contribution in [0, 0.1) is 0 Å². The van der Waals surface area contributed by atoms with Crippen molar-refractivity contribution < 1.29 is 0 Å². The first kappa shape index (κ1) is 17.2. The van der Waals surface area contributed by atoms with E-state index in [0.717, 1.165) is 44.3 Å². The highest BCUT2D eigenvalue weighted by Gasteiger charge is 2.20. The van der Waals surface area contributed by atoms with Gasteiger partial charge in [0.05, 0.1) is 0 Å². The normalized spacial score (nSPS) is 17.0. The van der Waals surface area contributed by atoms with E-state index in [1.807, 2.05) is 18.8 Å². The van der Waals surface area contributed by atoms with E-state index in [1.165, 1.54) is 11.1 Å². The van der Waals surface area contributed by atoms with Crippen molar-refractivity contribution in [2.45, 2.75) is 25.9 Å². The van der Waals surface area contributed by atoms with Crippen molar-refractivity contribution in [3.05, 3.63) is 35.4 Å². The molecule has 0 fully saturated rings. The Balaban J connectivity index is 1.79. The third-order valence-electron chi connectivity index (χ3n) is 4.17. The van der Waals surface area contributed by atoms with Crippen molar-refractivity contribution in [1.29, 1.82) is 0 Å². The number of thioether (sulfide) groups is 1. The highest BCUT2D eigenvalue weighted by atomic mass is 32.2. The molecule has 1 atom stereocenters. The number of benzene rings is 1. The molecule has 1 aromatic rings. The average Bonchev–Trinajstić information content (AvgIpc) is 2.57. The molecule has 0 amide bonds. The number of guanidine groups is 1. The van der Waals surface area contributed by atoms with Crippen LogP contribution in [0.15, 0.2) is 29.3 Å². The molecule has 0 spiro atoms. The first-order valence-electron chi connectivity index (χ1n) is 7.99. The predicted molar refractivity (Wildman–Crippen MR) is 97.8 cm³/mol. The highest BCUT2D eigenvalue weighted by molar-refractivity contribution is 7.98. The van der Waals surface area contributed by atoms with E-state index in [-0.39, 0.29) is 0 Å². The van der Waals surface area contributed by atoms with Gasteiger partial charge in [0.2, 0.25) is 0 Å². The van der Waals surface area contributed by atoms with Crippen molar-refractivity contribution >= 4 is 17.7 Å². The largest absolute Gasteiger partial charge is 0.356 e.